The number of sulfonamides is 1. The molecular formula is C31H45N3O4S. The van der Waals surface area contributed by atoms with Gasteiger partial charge in [0, 0.05) is 31.6 Å². The minimum absolute atomic E-state index is 0.167. The number of rotatable bonds is 12. The van der Waals surface area contributed by atoms with E-state index < -0.39 is 10.0 Å². The molecule has 1 saturated carbocycles. The number of hydrogen-bond donors (Lipinski definition) is 2. The third kappa shape index (κ3) is 9.24. The summed E-state index contributed by atoms with van der Waals surface area (Å²) in [6.07, 6.45) is 12.5. The summed E-state index contributed by atoms with van der Waals surface area (Å²) in [4.78, 5) is 15.7. The van der Waals surface area contributed by atoms with E-state index >= 15 is 0 Å². The normalized spacial score (nSPS) is 18.4. The molecule has 0 aromatic heterocycles. The number of para-hydroxylation sites is 1. The van der Waals surface area contributed by atoms with Crippen molar-refractivity contribution in [2.24, 2.45) is 11.8 Å². The molecule has 1 unspecified atom stereocenters. The molecule has 214 valence electrons. The lowest BCUT2D eigenvalue weighted by Gasteiger charge is -2.35. The molecule has 39 heavy (non-hydrogen) atoms. The van der Waals surface area contributed by atoms with Gasteiger partial charge in [0.15, 0.2) is 5.75 Å². The summed E-state index contributed by atoms with van der Waals surface area (Å²) < 4.78 is 32.6. The molecule has 0 radical (unpaired) electrons. The first-order valence-electron chi connectivity index (χ1n) is 14.7. The van der Waals surface area contributed by atoms with Crippen LogP contribution in [0.25, 0.3) is 0 Å². The van der Waals surface area contributed by atoms with Crippen molar-refractivity contribution >= 4 is 21.6 Å². The van der Waals surface area contributed by atoms with Crippen molar-refractivity contribution in [2.45, 2.75) is 83.7 Å². The van der Waals surface area contributed by atoms with Crippen LogP contribution in [0.2, 0.25) is 0 Å². The van der Waals surface area contributed by atoms with Crippen molar-refractivity contribution in [3.05, 3.63) is 54.1 Å². The Labute approximate surface area is 234 Å². The molecular weight excluding hydrogens is 510 g/mol. The number of benzene rings is 2. The number of anilines is 1. The number of likely N-dealkylation sites (tertiary alicyclic amines) is 1. The second-order valence-electron chi connectivity index (χ2n) is 11.3. The van der Waals surface area contributed by atoms with E-state index in [1.54, 1.807) is 0 Å². The van der Waals surface area contributed by atoms with Gasteiger partial charge in [0.2, 0.25) is 15.9 Å². The van der Waals surface area contributed by atoms with E-state index in [0.29, 0.717) is 29.6 Å². The van der Waals surface area contributed by atoms with Crippen LogP contribution in [-0.2, 0) is 21.4 Å². The highest BCUT2D eigenvalue weighted by molar-refractivity contribution is 7.92. The molecule has 2 aromatic rings. The molecule has 2 aromatic carbocycles. The van der Waals surface area contributed by atoms with Crippen LogP contribution >= 0.6 is 0 Å². The van der Waals surface area contributed by atoms with Crippen LogP contribution in [0.3, 0.4) is 0 Å². The van der Waals surface area contributed by atoms with E-state index in [0.717, 1.165) is 57.0 Å². The zero-order valence-electron chi connectivity index (χ0n) is 23.5. The Bertz CT molecular complexity index is 1160. The maximum atomic E-state index is 13.3. The monoisotopic (exact) mass is 555 g/mol. The SMILES string of the molecule is CCCCC(C(=O)NC1CCN(Cc2ccc(Oc3ccccc3)c(NS(C)(=O)=O)c2)CC1)C1CCCCC1. The second-order valence-corrected chi connectivity index (χ2v) is 13.1. The van der Waals surface area contributed by atoms with Crippen molar-refractivity contribution in [3.8, 4) is 11.5 Å². The number of carbonyl (C=O) groups is 1. The maximum absolute atomic E-state index is 13.3. The molecule has 4 rings (SSSR count). The summed E-state index contributed by atoms with van der Waals surface area (Å²) in [6, 6.07) is 15.2. The van der Waals surface area contributed by atoms with Gasteiger partial charge in [-0.05, 0) is 67.9 Å². The van der Waals surface area contributed by atoms with E-state index in [4.69, 9.17) is 4.74 Å². The molecule has 1 aliphatic heterocycles. The van der Waals surface area contributed by atoms with Crippen molar-refractivity contribution < 1.29 is 17.9 Å². The first-order valence-corrected chi connectivity index (χ1v) is 16.6. The average molecular weight is 556 g/mol. The van der Waals surface area contributed by atoms with Crippen LogP contribution in [0.5, 0.6) is 11.5 Å². The highest BCUT2D eigenvalue weighted by Crippen LogP contribution is 2.34. The molecule has 0 spiro atoms. The van der Waals surface area contributed by atoms with Gasteiger partial charge in [-0.3, -0.25) is 14.4 Å². The fraction of sp³-hybridized carbons (Fsp3) is 0.581. The Balaban J connectivity index is 1.33. The molecule has 2 fully saturated rings. The number of nitrogens with one attached hydrogen (secondary N) is 2. The van der Waals surface area contributed by atoms with Gasteiger partial charge in [0.25, 0.3) is 0 Å². The Morgan fingerprint density at radius 1 is 1.03 bits per heavy atom. The largest absolute Gasteiger partial charge is 0.455 e. The van der Waals surface area contributed by atoms with Crippen molar-refractivity contribution in [1.82, 2.24) is 10.2 Å². The van der Waals surface area contributed by atoms with Gasteiger partial charge in [0.1, 0.15) is 5.75 Å². The molecule has 1 amide bonds. The average Bonchev–Trinajstić information content (AvgIpc) is 2.92. The number of ether oxygens (including phenoxy) is 1. The summed E-state index contributed by atoms with van der Waals surface area (Å²) in [5.41, 5.74) is 1.45. The standard InChI is InChI=1S/C31H45N3O4S/c1-3-4-15-28(25-11-7-5-8-12-25)31(35)32-26-18-20-34(21-19-26)23-24-16-17-30(29(22-24)33-39(2,36)37)38-27-13-9-6-10-14-27/h6,9-10,13-14,16-17,22,25-26,28,33H,3-5,7-8,11-12,15,18-21,23H2,1-2H3,(H,32,35). The third-order valence-electron chi connectivity index (χ3n) is 8.07. The summed E-state index contributed by atoms with van der Waals surface area (Å²) in [5, 5.41) is 3.42. The number of carbonyl (C=O) groups excluding carboxylic acids is 1. The number of amides is 1. The highest BCUT2D eigenvalue weighted by atomic mass is 32.2. The van der Waals surface area contributed by atoms with Crippen LogP contribution in [-0.4, -0.2) is 44.6 Å². The van der Waals surface area contributed by atoms with Gasteiger partial charge < -0.3 is 10.1 Å². The van der Waals surface area contributed by atoms with Gasteiger partial charge in [-0.2, -0.15) is 0 Å². The van der Waals surface area contributed by atoms with Crippen LogP contribution in [0.1, 0.15) is 76.7 Å². The molecule has 1 saturated heterocycles. The Morgan fingerprint density at radius 3 is 2.41 bits per heavy atom. The quantitative estimate of drug-likeness (QED) is 0.320. The summed E-state index contributed by atoms with van der Waals surface area (Å²) >= 11 is 0. The van der Waals surface area contributed by atoms with Crippen molar-refractivity contribution in [1.29, 1.82) is 0 Å². The van der Waals surface area contributed by atoms with Gasteiger partial charge in [0.05, 0.1) is 11.9 Å². The Kier molecular flexibility index (Phi) is 10.7. The second kappa shape index (κ2) is 14.2. The van der Waals surface area contributed by atoms with Crippen LogP contribution in [0.4, 0.5) is 5.69 Å². The Morgan fingerprint density at radius 2 is 1.74 bits per heavy atom. The van der Waals surface area contributed by atoms with Gasteiger partial charge in [-0.15, -0.1) is 0 Å². The maximum Gasteiger partial charge on any atom is 0.229 e. The summed E-state index contributed by atoms with van der Waals surface area (Å²) in [5.74, 6) is 2.10. The first-order chi connectivity index (χ1) is 18.8. The third-order valence-corrected chi connectivity index (χ3v) is 8.67. The van der Waals surface area contributed by atoms with Crippen molar-refractivity contribution in [3.63, 3.8) is 0 Å². The van der Waals surface area contributed by atoms with E-state index in [9.17, 15) is 13.2 Å². The van der Waals surface area contributed by atoms with Gasteiger partial charge in [-0.1, -0.05) is 63.3 Å². The summed E-state index contributed by atoms with van der Waals surface area (Å²) in [6.45, 7) is 4.71. The number of hydrogen-bond acceptors (Lipinski definition) is 5. The summed E-state index contributed by atoms with van der Waals surface area (Å²) in [7, 11) is -3.47. The van der Waals surface area contributed by atoms with E-state index in [-0.39, 0.29) is 17.9 Å². The van der Waals surface area contributed by atoms with E-state index in [1.807, 2.05) is 48.5 Å². The minimum Gasteiger partial charge on any atom is -0.455 e. The van der Waals surface area contributed by atoms with Crippen LogP contribution in [0, 0.1) is 11.8 Å². The van der Waals surface area contributed by atoms with Gasteiger partial charge in [-0.25, -0.2) is 8.42 Å². The lowest BCUT2D eigenvalue weighted by Crippen LogP contribution is -2.47. The smallest absolute Gasteiger partial charge is 0.229 e. The number of nitrogens with zero attached hydrogens (tertiary/aromatic N) is 1. The van der Waals surface area contributed by atoms with E-state index in [1.165, 1.54) is 32.1 Å². The zero-order valence-corrected chi connectivity index (χ0v) is 24.3. The first kappa shape index (κ1) is 29.4. The predicted octanol–water partition coefficient (Wildman–Crippen LogP) is 6.32. The highest BCUT2D eigenvalue weighted by Gasteiger charge is 2.31. The molecule has 2 N–H and O–H groups in total. The minimum atomic E-state index is -3.47. The molecule has 1 aliphatic carbocycles. The number of unbranched alkanes of at least 4 members (excludes halogenated alkanes) is 1. The van der Waals surface area contributed by atoms with E-state index in [2.05, 4.69) is 21.9 Å². The molecule has 1 heterocycles. The number of piperidine rings is 1. The topological polar surface area (TPSA) is 87.7 Å². The molecule has 1 atom stereocenters. The molecule has 8 heteroatoms. The van der Waals surface area contributed by atoms with Crippen molar-refractivity contribution in [2.75, 3.05) is 24.1 Å². The Hall–Kier alpha value is -2.58. The fourth-order valence-corrected chi connectivity index (χ4v) is 6.56. The van der Waals surface area contributed by atoms with Gasteiger partial charge >= 0.3 is 0 Å². The predicted molar refractivity (Wildman–Crippen MR) is 157 cm³/mol. The molecule has 0 bridgehead atoms. The molecule has 7 nitrogen and oxygen atoms in total. The lowest BCUT2D eigenvalue weighted by molar-refractivity contribution is -0.128. The lowest BCUT2D eigenvalue weighted by atomic mass is 9.77. The zero-order chi connectivity index (χ0) is 27.7. The molecule has 2 aliphatic rings. The fourth-order valence-electron chi connectivity index (χ4n) is 6.00. The van der Waals surface area contributed by atoms with Crippen LogP contribution in [0.15, 0.2) is 48.5 Å². The van der Waals surface area contributed by atoms with Crippen LogP contribution < -0.4 is 14.8 Å².